The van der Waals surface area contributed by atoms with Crippen molar-refractivity contribution in [1.82, 2.24) is 5.32 Å². The summed E-state index contributed by atoms with van der Waals surface area (Å²) in [4.78, 5) is 0. The Morgan fingerprint density at radius 3 is 2.35 bits per heavy atom. The molecule has 1 aliphatic carbocycles. The molecule has 0 bridgehead atoms. The molecule has 0 saturated heterocycles. The lowest BCUT2D eigenvalue weighted by Crippen LogP contribution is -2.36. The SMILES string of the molecule is CCCOc1ccc(OC(CNC2CC2)C(C)C)cc1. The standard InChI is InChI=1S/C17H27NO2/c1-4-11-19-15-7-9-16(10-8-15)20-17(13(2)3)12-18-14-5-6-14/h7-10,13-14,17-18H,4-6,11-12H2,1-3H3. The molecule has 1 fully saturated rings. The summed E-state index contributed by atoms with van der Waals surface area (Å²) in [7, 11) is 0. The van der Waals surface area contributed by atoms with Crippen LogP contribution in [0.4, 0.5) is 0 Å². The van der Waals surface area contributed by atoms with Gasteiger partial charge in [-0.2, -0.15) is 0 Å². The van der Waals surface area contributed by atoms with E-state index in [4.69, 9.17) is 9.47 Å². The molecule has 1 saturated carbocycles. The number of nitrogens with one attached hydrogen (secondary N) is 1. The smallest absolute Gasteiger partial charge is 0.120 e. The Labute approximate surface area is 122 Å². The summed E-state index contributed by atoms with van der Waals surface area (Å²) < 4.78 is 11.7. The highest BCUT2D eigenvalue weighted by molar-refractivity contribution is 5.31. The van der Waals surface area contributed by atoms with Gasteiger partial charge in [-0.1, -0.05) is 20.8 Å². The van der Waals surface area contributed by atoms with Gasteiger partial charge in [0.25, 0.3) is 0 Å². The van der Waals surface area contributed by atoms with Crippen molar-refractivity contribution in [3.63, 3.8) is 0 Å². The fraction of sp³-hybridized carbons (Fsp3) is 0.647. The molecule has 0 radical (unpaired) electrons. The van der Waals surface area contributed by atoms with Crippen LogP contribution >= 0.6 is 0 Å². The molecule has 3 heteroatoms. The van der Waals surface area contributed by atoms with Crippen LogP contribution in [0.25, 0.3) is 0 Å². The minimum Gasteiger partial charge on any atom is -0.494 e. The fourth-order valence-corrected chi connectivity index (χ4v) is 1.99. The van der Waals surface area contributed by atoms with E-state index in [9.17, 15) is 0 Å². The average molecular weight is 277 g/mol. The largest absolute Gasteiger partial charge is 0.494 e. The van der Waals surface area contributed by atoms with E-state index in [2.05, 4.69) is 26.1 Å². The first-order chi connectivity index (χ1) is 9.69. The Bertz CT molecular complexity index is 384. The third-order valence-corrected chi connectivity index (χ3v) is 3.51. The Morgan fingerprint density at radius 2 is 1.80 bits per heavy atom. The zero-order valence-corrected chi connectivity index (χ0v) is 12.9. The van der Waals surface area contributed by atoms with Gasteiger partial charge < -0.3 is 14.8 Å². The van der Waals surface area contributed by atoms with E-state index >= 15 is 0 Å². The number of hydrogen-bond acceptors (Lipinski definition) is 3. The molecule has 0 spiro atoms. The third-order valence-electron chi connectivity index (χ3n) is 3.51. The van der Waals surface area contributed by atoms with Crippen LogP contribution in [0.15, 0.2) is 24.3 Å². The van der Waals surface area contributed by atoms with Gasteiger partial charge in [0.05, 0.1) is 6.61 Å². The summed E-state index contributed by atoms with van der Waals surface area (Å²) in [6.45, 7) is 8.21. The molecule has 0 amide bonds. The highest BCUT2D eigenvalue weighted by Gasteiger charge is 2.23. The number of ether oxygens (including phenoxy) is 2. The van der Waals surface area contributed by atoms with Crippen LogP contribution in [0.2, 0.25) is 0 Å². The number of rotatable bonds is 9. The topological polar surface area (TPSA) is 30.5 Å². The van der Waals surface area contributed by atoms with E-state index < -0.39 is 0 Å². The molecule has 0 aliphatic heterocycles. The Balaban J connectivity index is 1.84. The third kappa shape index (κ3) is 5.04. The van der Waals surface area contributed by atoms with Crippen molar-refractivity contribution in [1.29, 1.82) is 0 Å². The second-order valence-corrected chi connectivity index (χ2v) is 5.90. The van der Waals surface area contributed by atoms with E-state index in [-0.39, 0.29) is 6.10 Å². The van der Waals surface area contributed by atoms with Crippen LogP contribution in [0, 0.1) is 5.92 Å². The van der Waals surface area contributed by atoms with E-state index in [1.165, 1.54) is 12.8 Å². The van der Waals surface area contributed by atoms with Crippen molar-refractivity contribution in [3.8, 4) is 11.5 Å². The molecule has 1 aromatic carbocycles. The summed E-state index contributed by atoms with van der Waals surface area (Å²) in [6.07, 6.45) is 3.88. The first kappa shape index (κ1) is 15.2. The molecule has 1 unspecified atom stereocenters. The van der Waals surface area contributed by atoms with Gasteiger partial charge in [-0.3, -0.25) is 0 Å². The van der Waals surface area contributed by atoms with Crippen LogP contribution in [-0.4, -0.2) is 25.3 Å². The van der Waals surface area contributed by atoms with Crippen molar-refractivity contribution >= 4 is 0 Å². The molecule has 1 aromatic rings. The van der Waals surface area contributed by atoms with Crippen molar-refractivity contribution in [2.75, 3.05) is 13.2 Å². The second kappa shape index (κ2) is 7.53. The summed E-state index contributed by atoms with van der Waals surface area (Å²) in [5, 5.41) is 3.55. The monoisotopic (exact) mass is 277 g/mol. The predicted octanol–water partition coefficient (Wildman–Crippen LogP) is 3.63. The van der Waals surface area contributed by atoms with Gasteiger partial charge in [-0.15, -0.1) is 0 Å². The Morgan fingerprint density at radius 1 is 1.15 bits per heavy atom. The molecule has 0 heterocycles. The lowest BCUT2D eigenvalue weighted by atomic mass is 10.1. The highest BCUT2D eigenvalue weighted by atomic mass is 16.5. The summed E-state index contributed by atoms with van der Waals surface area (Å²) >= 11 is 0. The van der Waals surface area contributed by atoms with Crippen molar-refractivity contribution in [2.24, 2.45) is 5.92 Å². The van der Waals surface area contributed by atoms with Crippen molar-refractivity contribution in [3.05, 3.63) is 24.3 Å². The minimum atomic E-state index is 0.220. The van der Waals surface area contributed by atoms with Crippen molar-refractivity contribution < 1.29 is 9.47 Å². The van der Waals surface area contributed by atoms with Crippen LogP contribution in [0.3, 0.4) is 0 Å². The quantitative estimate of drug-likeness (QED) is 0.747. The Kier molecular flexibility index (Phi) is 5.72. The van der Waals surface area contributed by atoms with Crippen LogP contribution in [0.5, 0.6) is 11.5 Å². The maximum Gasteiger partial charge on any atom is 0.120 e. The summed E-state index contributed by atoms with van der Waals surface area (Å²) in [5.41, 5.74) is 0. The van der Waals surface area contributed by atoms with Gasteiger partial charge in [0, 0.05) is 12.6 Å². The predicted molar refractivity (Wildman–Crippen MR) is 82.5 cm³/mol. The van der Waals surface area contributed by atoms with Crippen LogP contribution in [0.1, 0.15) is 40.0 Å². The molecule has 1 N–H and O–H groups in total. The summed E-state index contributed by atoms with van der Waals surface area (Å²) in [5.74, 6) is 2.33. The molecule has 20 heavy (non-hydrogen) atoms. The molecular weight excluding hydrogens is 250 g/mol. The fourth-order valence-electron chi connectivity index (χ4n) is 1.99. The molecule has 1 aliphatic rings. The van der Waals surface area contributed by atoms with Crippen molar-refractivity contribution in [2.45, 2.75) is 52.2 Å². The first-order valence-electron chi connectivity index (χ1n) is 7.82. The molecule has 112 valence electrons. The normalized spacial score (nSPS) is 16.2. The van der Waals surface area contributed by atoms with E-state index in [1.807, 2.05) is 24.3 Å². The highest BCUT2D eigenvalue weighted by Crippen LogP contribution is 2.22. The lowest BCUT2D eigenvalue weighted by molar-refractivity contribution is 0.148. The first-order valence-corrected chi connectivity index (χ1v) is 7.82. The van der Waals surface area contributed by atoms with Gasteiger partial charge in [-0.25, -0.2) is 0 Å². The zero-order valence-electron chi connectivity index (χ0n) is 12.9. The maximum atomic E-state index is 6.10. The zero-order chi connectivity index (χ0) is 14.4. The van der Waals surface area contributed by atoms with E-state index in [0.29, 0.717) is 5.92 Å². The molecule has 3 nitrogen and oxygen atoms in total. The average Bonchev–Trinajstić information content (AvgIpc) is 3.26. The lowest BCUT2D eigenvalue weighted by Gasteiger charge is -2.23. The maximum absolute atomic E-state index is 6.10. The van der Waals surface area contributed by atoms with E-state index in [0.717, 1.165) is 37.1 Å². The molecule has 1 atom stereocenters. The van der Waals surface area contributed by atoms with Gasteiger partial charge in [0.2, 0.25) is 0 Å². The minimum absolute atomic E-state index is 0.220. The molecule has 0 aromatic heterocycles. The van der Waals surface area contributed by atoms with E-state index in [1.54, 1.807) is 0 Å². The summed E-state index contributed by atoms with van der Waals surface area (Å²) in [6, 6.07) is 8.69. The second-order valence-electron chi connectivity index (χ2n) is 5.90. The number of benzene rings is 1. The van der Waals surface area contributed by atoms with Crippen LogP contribution in [-0.2, 0) is 0 Å². The van der Waals surface area contributed by atoms with Gasteiger partial charge in [0.15, 0.2) is 0 Å². The van der Waals surface area contributed by atoms with Gasteiger partial charge >= 0.3 is 0 Å². The molecule has 2 rings (SSSR count). The van der Waals surface area contributed by atoms with Gasteiger partial charge in [-0.05, 0) is 49.4 Å². The molecular formula is C17H27NO2. The van der Waals surface area contributed by atoms with Gasteiger partial charge in [0.1, 0.15) is 17.6 Å². The van der Waals surface area contributed by atoms with Crippen LogP contribution < -0.4 is 14.8 Å². The Hall–Kier alpha value is -1.22. The number of hydrogen-bond donors (Lipinski definition) is 1.